The number of nitrogens with one attached hydrogen (secondary N) is 1. The molecule has 1 spiro atoms. The van der Waals surface area contributed by atoms with E-state index in [1.54, 1.807) is 23.4 Å². The number of anilines is 1. The van der Waals surface area contributed by atoms with E-state index >= 15 is 0 Å². The van der Waals surface area contributed by atoms with E-state index in [2.05, 4.69) is 25.3 Å². The van der Waals surface area contributed by atoms with Crippen LogP contribution in [0.1, 0.15) is 58.3 Å². The summed E-state index contributed by atoms with van der Waals surface area (Å²) in [5, 5.41) is 17.3. The number of imidazole rings is 1. The van der Waals surface area contributed by atoms with Crippen molar-refractivity contribution in [1.82, 2.24) is 29.6 Å². The molecule has 0 unspecified atom stereocenters. The maximum absolute atomic E-state index is 12.8. The number of pyridine rings is 1. The fraction of sp³-hybridized carbons (Fsp3) is 0.478. The number of aromatic nitrogens is 5. The van der Waals surface area contributed by atoms with E-state index in [9.17, 15) is 9.90 Å². The predicted octanol–water partition coefficient (Wildman–Crippen LogP) is 1.57. The van der Waals surface area contributed by atoms with Gasteiger partial charge in [-0.2, -0.15) is 5.10 Å². The molecule has 1 saturated carbocycles. The average molecular weight is 434 g/mol. The monoisotopic (exact) mass is 433 g/mol. The van der Waals surface area contributed by atoms with E-state index in [1.807, 2.05) is 23.7 Å². The van der Waals surface area contributed by atoms with Crippen LogP contribution in [0.4, 0.5) is 5.82 Å². The summed E-state index contributed by atoms with van der Waals surface area (Å²) in [5.74, 6) is 0.781. The van der Waals surface area contributed by atoms with Crippen LogP contribution in [0.25, 0.3) is 0 Å². The van der Waals surface area contributed by atoms with Gasteiger partial charge in [-0.1, -0.05) is 6.07 Å². The van der Waals surface area contributed by atoms with Gasteiger partial charge in [0.1, 0.15) is 5.82 Å². The molecule has 0 aromatic carbocycles. The van der Waals surface area contributed by atoms with Crippen molar-refractivity contribution in [3.63, 3.8) is 0 Å². The normalized spacial score (nSPS) is 20.3. The van der Waals surface area contributed by atoms with Crippen LogP contribution in [0, 0.1) is 5.41 Å². The molecule has 9 heteroatoms. The number of amides is 1. The highest BCUT2D eigenvalue weighted by atomic mass is 16.3. The second kappa shape index (κ2) is 7.16. The summed E-state index contributed by atoms with van der Waals surface area (Å²) in [7, 11) is 1.98. The van der Waals surface area contributed by atoms with Gasteiger partial charge >= 0.3 is 0 Å². The summed E-state index contributed by atoms with van der Waals surface area (Å²) in [6.45, 7) is 2.48. The van der Waals surface area contributed by atoms with E-state index < -0.39 is 0 Å². The lowest BCUT2D eigenvalue weighted by Crippen LogP contribution is -2.48. The predicted molar refractivity (Wildman–Crippen MR) is 117 cm³/mol. The molecule has 1 saturated heterocycles. The molecule has 0 bridgehead atoms. The minimum Gasteiger partial charge on any atom is -0.390 e. The minimum atomic E-state index is -0.151. The van der Waals surface area contributed by atoms with Crippen molar-refractivity contribution < 1.29 is 9.90 Å². The largest absolute Gasteiger partial charge is 0.390 e. The Morgan fingerprint density at radius 1 is 1.31 bits per heavy atom. The number of rotatable bonds is 6. The van der Waals surface area contributed by atoms with Gasteiger partial charge in [0.05, 0.1) is 48.7 Å². The molecular weight excluding hydrogens is 406 g/mol. The first-order chi connectivity index (χ1) is 15.5. The molecule has 6 rings (SSSR count). The number of carbonyl (C=O) groups excluding carboxylic acids is 1. The molecule has 0 radical (unpaired) electrons. The second-order valence-electron chi connectivity index (χ2n) is 9.47. The molecule has 32 heavy (non-hydrogen) atoms. The fourth-order valence-corrected chi connectivity index (χ4v) is 5.01. The Morgan fingerprint density at radius 3 is 2.94 bits per heavy atom. The first-order valence-corrected chi connectivity index (χ1v) is 11.2. The van der Waals surface area contributed by atoms with Gasteiger partial charge in [0.15, 0.2) is 0 Å². The van der Waals surface area contributed by atoms with Gasteiger partial charge in [-0.3, -0.25) is 9.48 Å². The molecule has 2 N–H and O–H groups in total. The van der Waals surface area contributed by atoms with E-state index in [0.29, 0.717) is 23.2 Å². The number of aliphatic hydroxyl groups excluding tert-OH is 1. The quantitative estimate of drug-likeness (QED) is 0.612. The third kappa shape index (κ3) is 3.28. The van der Waals surface area contributed by atoms with Crippen molar-refractivity contribution in [2.24, 2.45) is 12.5 Å². The zero-order chi connectivity index (χ0) is 21.9. The summed E-state index contributed by atoms with van der Waals surface area (Å²) in [5.41, 5.74) is 4.78. The van der Waals surface area contributed by atoms with Crippen molar-refractivity contribution in [3.05, 3.63) is 59.1 Å². The van der Waals surface area contributed by atoms with E-state index in [4.69, 9.17) is 0 Å². The Balaban J connectivity index is 1.13. The van der Waals surface area contributed by atoms with Crippen molar-refractivity contribution >= 4 is 11.7 Å². The average Bonchev–Trinajstić information content (AvgIpc) is 3.08. The molecular formula is C23H27N7O2. The van der Waals surface area contributed by atoms with Crippen LogP contribution in [0.3, 0.4) is 0 Å². The van der Waals surface area contributed by atoms with Crippen LogP contribution < -0.4 is 10.2 Å². The number of carbonyl (C=O) groups is 1. The smallest absolute Gasteiger partial charge is 0.255 e. The number of nitrogens with zero attached hydrogens (tertiary/aromatic N) is 6. The molecule has 3 aromatic heterocycles. The van der Waals surface area contributed by atoms with E-state index in [1.165, 1.54) is 18.5 Å². The molecule has 9 nitrogen and oxygen atoms in total. The number of fused-ring (bicyclic) bond motifs is 1. The Bertz CT molecular complexity index is 1180. The lowest BCUT2D eigenvalue weighted by molar-refractivity contribution is 0.0936. The SMILES string of the molecule is Cn1cnc2c1CC[C@H]2NC(=O)c1cnn(Cc2ccc(N3CC4(CC4)C3)nc2CO)c1. The molecule has 4 heterocycles. The standard InChI is InChI=1S/C23H27N7O2/c1-28-14-24-21-17(3-4-19(21)28)27-22(32)16-8-25-30(10-16)9-15-2-5-20(26-18(15)11-31)29-12-23(13-29)6-7-23/h2,5,8,10,14,17,31H,3-4,6-7,9,11-13H2,1H3,(H,27,32)/t17-/m1/s1. The summed E-state index contributed by atoms with van der Waals surface area (Å²) in [6, 6.07) is 3.97. The van der Waals surface area contributed by atoms with Gasteiger partial charge in [0, 0.05) is 37.4 Å². The van der Waals surface area contributed by atoms with Crippen LogP contribution in [-0.2, 0) is 26.6 Å². The van der Waals surface area contributed by atoms with Gasteiger partial charge in [0.25, 0.3) is 5.91 Å². The Morgan fingerprint density at radius 2 is 2.16 bits per heavy atom. The van der Waals surface area contributed by atoms with Crippen LogP contribution in [0.5, 0.6) is 0 Å². The Labute approximate surface area is 186 Å². The lowest BCUT2D eigenvalue weighted by Gasteiger charge is -2.41. The molecule has 166 valence electrons. The molecule has 1 aliphatic heterocycles. The highest BCUT2D eigenvalue weighted by Crippen LogP contribution is 2.53. The number of hydrogen-bond acceptors (Lipinski definition) is 6. The van der Waals surface area contributed by atoms with Crippen molar-refractivity contribution in [1.29, 1.82) is 0 Å². The molecule has 1 atom stereocenters. The third-order valence-electron chi connectivity index (χ3n) is 7.16. The van der Waals surface area contributed by atoms with Crippen molar-refractivity contribution in [2.45, 2.75) is 44.9 Å². The Hall–Kier alpha value is -3.20. The highest BCUT2D eigenvalue weighted by molar-refractivity contribution is 5.94. The number of aryl methyl sites for hydroxylation is 1. The molecule has 2 fully saturated rings. The maximum Gasteiger partial charge on any atom is 0.255 e. The van der Waals surface area contributed by atoms with Crippen molar-refractivity contribution in [2.75, 3.05) is 18.0 Å². The second-order valence-corrected chi connectivity index (χ2v) is 9.47. The van der Waals surface area contributed by atoms with Gasteiger partial charge in [-0.15, -0.1) is 0 Å². The van der Waals surface area contributed by atoms with Crippen LogP contribution in [0.2, 0.25) is 0 Å². The molecule has 3 aromatic rings. The highest BCUT2D eigenvalue weighted by Gasteiger charge is 2.52. The summed E-state index contributed by atoms with van der Waals surface area (Å²) in [6.07, 6.45) is 9.56. The topological polar surface area (TPSA) is 101 Å². The van der Waals surface area contributed by atoms with Gasteiger partial charge in [-0.05, 0) is 37.3 Å². The lowest BCUT2D eigenvalue weighted by atomic mass is 9.97. The van der Waals surface area contributed by atoms with Crippen LogP contribution >= 0.6 is 0 Å². The minimum absolute atomic E-state index is 0.0592. The first-order valence-electron chi connectivity index (χ1n) is 11.2. The molecule has 1 amide bonds. The third-order valence-corrected chi connectivity index (χ3v) is 7.16. The van der Waals surface area contributed by atoms with Gasteiger partial charge < -0.3 is 19.9 Å². The first kappa shape index (κ1) is 19.5. The maximum atomic E-state index is 12.8. The zero-order valence-electron chi connectivity index (χ0n) is 18.2. The van der Waals surface area contributed by atoms with E-state index in [-0.39, 0.29) is 18.6 Å². The van der Waals surface area contributed by atoms with Crippen LogP contribution in [0.15, 0.2) is 30.9 Å². The van der Waals surface area contributed by atoms with Crippen LogP contribution in [-0.4, -0.2) is 48.4 Å². The zero-order valence-corrected chi connectivity index (χ0v) is 18.2. The van der Waals surface area contributed by atoms with Gasteiger partial charge in [0.2, 0.25) is 0 Å². The summed E-state index contributed by atoms with van der Waals surface area (Å²) in [4.78, 5) is 24.2. The van der Waals surface area contributed by atoms with Crippen molar-refractivity contribution in [3.8, 4) is 0 Å². The molecule has 3 aliphatic rings. The molecule has 2 aliphatic carbocycles. The number of aliphatic hydroxyl groups is 1. The summed E-state index contributed by atoms with van der Waals surface area (Å²) >= 11 is 0. The Kier molecular flexibility index (Phi) is 4.36. The number of hydrogen-bond donors (Lipinski definition) is 2. The fourth-order valence-electron chi connectivity index (χ4n) is 5.01. The summed E-state index contributed by atoms with van der Waals surface area (Å²) < 4.78 is 3.73. The van der Waals surface area contributed by atoms with E-state index in [0.717, 1.165) is 43.0 Å². The van der Waals surface area contributed by atoms with Gasteiger partial charge in [-0.25, -0.2) is 9.97 Å².